The van der Waals surface area contributed by atoms with Crippen molar-refractivity contribution in [2.24, 2.45) is 11.8 Å². The molecule has 2 atom stereocenters. The highest BCUT2D eigenvalue weighted by atomic mass is 35.5. The molecule has 4 nitrogen and oxygen atoms in total. The van der Waals surface area contributed by atoms with Crippen LogP contribution in [-0.2, 0) is 0 Å². The van der Waals surface area contributed by atoms with Crippen LogP contribution in [0.5, 0.6) is 0 Å². The van der Waals surface area contributed by atoms with Crippen LogP contribution in [0.1, 0.15) is 26.2 Å². The number of anilines is 2. The molecule has 2 unspecified atom stereocenters. The van der Waals surface area contributed by atoms with E-state index in [1.165, 1.54) is 25.5 Å². The van der Waals surface area contributed by atoms with Crippen molar-refractivity contribution in [3.05, 3.63) is 11.5 Å². The molecule has 0 bridgehead atoms. The van der Waals surface area contributed by atoms with Gasteiger partial charge in [0, 0.05) is 6.54 Å². The molecule has 3 N–H and O–H groups in total. The maximum Gasteiger partial charge on any atom is 0.224 e. The third-order valence-corrected chi connectivity index (χ3v) is 3.54. The van der Waals surface area contributed by atoms with Gasteiger partial charge in [-0.3, -0.25) is 0 Å². The first-order chi connectivity index (χ1) is 7.66. The van der Waals surface area contributed by atoms with Gasteiger partial charge in [0.2, 0.25) is 5.28 Å². The predicted octanol–water partition coefficient (Wildman–Crippen LogP) is 2.56. The summed E-state index contributed by atoms with van der Waals surface area (Å²) >= 11 is 5.72. The summed E-state index contributed by atoms with van der Waals surface area (Å²) in [5.41, 5.74) is 6.31. The van der Waals surface area contributed by atoms with Crippen molar-refractivity contribution in [3.8, 4) is 0 Å². The molecule has 1 heterocycles. The molecule has 1 aromatic heterocycles. The van der Waals surface area contributed by atoms with Crippen molar-refractivity contribution >= 4 is 23.1 Å². The van der Waals surface area contributed by atoms with Gasteiger partial charge in [-0.15, -0.1) is 0 Å². The number of nitrogens with two attached hydrogens (primary N) is 1. The van der Waals surface area contributed by atoms with Gasteiger partial charge in [0.15, 0.2) is 5.82 Å². The Morgan fingerprint density at radius 1 is 1.56 bits per heavy atom. The van der Waals surface area contributed by atoms with E-state index in [4.69, 9.17) is 17.3 Å². The van der Waals surface area contributed by atoms with Gasteiger partial charge in [-0.1, -0.05) is 19.8 Å². The summed E-state index contributed by atoms with van der Waals surface area (Å²) < 4.78 is 0. The van der Waals surface area contributed by atoms with E-state index in [1.807, 2.05) is 0 Å². The lowest BCUT2D eigenvalue weighted by Crippen LogP contribution is -2.18. The lowest BCUT2D eigenvalue weighted by Gasteiger charge is -2.16. The highest BCUT2D eigenvalue weighted by Gasteiger charge is 2.23. The highest BCUT2D eigenvalue weighted by molar-refractivity contribution is 6.28. The summed E-state index contributed by atoms with van der Waals surface area (Å²) in [4.78, 5) is 7.90. The van der Waals surface area contributed by atoms with Crippen molar-refractivity contribution in [3.63, 3.8) is 0 Å². The van der Waals surface area contributed by atoms with Gasteiger partial charge in [0.1, 0.15) is 0 Å². The van der Waals surface area contributed by atoms with E-state index in [-0.39, 0.29) is 5.28 Å². The first-order valence-corrected chi connectivity index (χ1v) is 6.06. The molecule has 0 aromatic carbocycles. The Kier molecular flexibility index (Phi) is 3.49. The second kappa shape index (κ2) is 4.87. The Morgan fingerprint density at radius 3 is 3.06 bits per heavy atom. The van der Waals surface area contributed by atoms with Crippen molar-refractivity contribution in [2.45, 2.75) is 26.2 Å². The Bertz CT molecular complexity index is 369. The molecule has 88 valence electrons. The molecule has 0 spiro atoms. The first kappa shape index (κ1) is 11.5. The summed E-state index contributed by atoms with van der Waals surface area (Å²) in [6.45, 7) is 3.22. The van der Waals surface area contributed by atoms with Crippen LogP contribution in [0.4, 0.5) is 11.5 Å². The molecule has 16 heavy (non-hydrogen) atoms. The van der Waals surface area contributed by atoms with Crippen LogP contribution in [0.25, 0.3) is 0 Å². The molecule has 0 saturated heterocycles. The highest BCUT2D eigenvalue weighted by Crippen LogP contribution is 2.31. The minimum Gasteiger partial charge on any atom is -0.394 e. The third-order valence-electron chi connectivity index (χ3n) is 3.36. The monoisotopic (exact) mass is 240 g/mol. The van der Waals surface area contributed by atoms with E-state index < -0.39 is 0 Å². The van der Waals surface area contributed by atoms with Crippen LogP contribution in [0.2, 0.25) is 5.28 Å². The summed E-state index contributed by atoms with van der Waals surface area (Å²) in [7, 11) is 0. The Morgan fingerprint density at radius 2 is 2.38 bits per heavy atom. The molecule has 1 aromatic rings. The zero-order chi connectivity index (χ0) is 11.5. The van der Waals surface area contributed by atoms with Crippen LogP contribution in [0.15, 0.2) is 6.20 Å². The zero-order valence-electron chi connectivity index (χ0n) is 9.41. The van der Waals surface area contributed by atoms with Crippen LogP contribution in [0.3, 0.4) is 0 Å². The molecule has 0 aliphatic heterocycles. The van der Waals surface area contributed by atoms with E-state index in [9.17, 15) is 0 Å². The summed E-state index contributed by atoms with van der Waals surface area (Å²) in [5.74, 6) is 2.15. The van der Waals surface area contributed by atoms with Gasteiger partial charge < -0.3 is 11.1 Å². The van der Waals surface area contributed by atoms with Crippen molar-refractivity contribution in [2.75, 3.05) is 17.6 Å². The minimum absolute atomic E-state index is 0.233. The van der Waals surface area contributed by atoms with Crippen molar-refractivity contribution in [1.82, 2.24) is 9.97 Å². The van der Waals surface area contributed by atoms with Crippen molar-refractivity contribution in [1.29, 1.82) is 0 Å². The first-order valence-electron chi connectivity index (χ1n) is 5.68. The van der Waals surface area contributed by atoms with E-state index in [2.05, 4.69) is 22.2 Å². The minimum atomic E-state index is 0.233. The van der Waals surface area contributed by atoms with Gasteiger partial charge >= 0.3 is 0 Å². The van der Waals surface area contributed by atoms with Crippen LogP contribution < -0.4 is 11.1 Å². The fraction of sp³-hybridized carbons (Fsp3) is 0.636. The normalized spacial score (nSPS) is 24.6. The molecular weight excluding hydrogens is 224 g/mol. The number of nitrogens with one attached hydrogen (secondary N) is 1. The van der Waals surface area contributed by atoms with Crippen LogP contribution in [-0.4, -0.2) is 16.5 Å². The number of halogens is 1. The van der Waals surface area contributed by atoms with Gasteiger partial charge in [-0.05, 0) is 29.9 Å². The molecule has 1 fully saturated rings. The second-order valence-electron chi connectivity index (χ2n) is 4.49. The van der Waals surface area contributed by atoms with Gasteiger partial charge in [-0.2, -0.15) is 4.98 Å². The summed E-state index contributed by atoms with van der Waals surface area (Å²) in [6, 6.07) is 0. The van der Waals surface area contributed by atoms with E-state index in [1.54, 1.807) is 0 Å². The van der Waals surface area contributed by atoms with Gasteiger partial charge in [-0.25, -0.2) is 4.98 Å². The smallest absolute Gasteiger partial charge is 0.224 e. The number of aromatic nitrogens is 2. The molecule has 0 radical (unpaired) electrons. The molecular formula is C11H17ClN4. The number of rotatable bonds is 3. The molecule has 1 saturated carbocycles. The standard InChI is InChI=1S/C11H17ClN4/c1-7-3-2-4-8(7)5-14-10-9(13)6-15-11(12)16-10/h6-8H,2-5,13H2,1H3,(H,14,15,16). The van der Waals surface area contributed by atoms with E-state index in [0.717, 1.165) is 12.5 Å². The number of nitrogen functional groups attached to an aromatic ring is 1. The topological polar surface area (TPSA) is 63.8 Å². The maximum absolute atomic E-state index is 5.76. The van der Waals surface area contributed by atoms with Gasteiger partial charge in [0.25, 0.3) is 0 Å². The second-order valence-corrected chi connectivity index (χ2v) is 4.83. The predicted molar refractivity (Wildman–Crippen MR) is 66.4 cm³/mol. The summed E-state index contributed by atoms with van der Waals surface area (Å²) in [6.07, 6.45) is 5.47. The largest absolute Gasteiger partial charge is 0.394 e. The average molecular weight is 241 g/mol. The van der Waals surface area contributed by atoms with E-state index in [0.29, 0.717) is 17.4 Å². The average Bonchev–Trinajstić information content (AvgIpc) is 2.66. The molecule has 5 heteroatoms. The maximum atomic E-state index is 5.76. The fourth-order valence-corrected chi connectivity index (χ4v) is 2.40. The molecule has 2 rings (SSSR count). The van der Waals surface area contributed by atoms with E-state index >= 15 is 0 Å². The Labute approximate surface area is 101 Å². The molecule has 1 aliphatic carbocycles. The number of hydrogen-bond donors (Lipinski definition) is 2. The van der Waals surface area contributed by atoms with Gasteiger partial charge in [0.05, 0.1) is 11.9 Å². The lowest BCUT2D eigenvalue weighted by atomic mass is 9.98. The van der Waals surface area contributed by atoms with Crippen molar-refractivity contribution < 1.29 is 0 Å². The Hall–Kier alpha value is -1.03. The number of hydrogen-bond acceptors (Lipinski definition) is 4. The number of nitrogens with zero attached hydrogens (tertiary/aromatic N) is 2. The summed E-state index contributed by atoms with van der Waals surface area (Å²) in [5, 5.41) is 3.50. The van der Waals surface area contributed by atoms with Crippen LogP contribution in [0, 0.1) is 11.8 Å². The van der Waals surface area contributed by atoms with Crippen LogP contribution >= 0.6 is 11.6 Å². The third kappa shape index (κ3) is 2.55. The lowest BCUT2D eigenvalue weighted by molar-refractivity contribution is 0.439. The molecule has 0 amide bonds. The zero-order valence-corrected chi connectivity index (χ0v) is 10.2. The SMILES string of the molecule is CC1CCCC1CNc1nc(Cl)ncc1N. The quantitative estimate of drug-likeness (QED) is 0.797. The Balaban J connectivity index is 1.96. The fourth-order valence-electron chi connectivity index (χ4n) is 2.26. The molecule has 1 aliphatic rings.